The van der Waals surface area contributed by atoms with E-state index in [2.05, 4.69) is 20.3 Å². The lowest BCUT2D eigenvalue weighted by Crippen LogP contribution is -2.05. The lowest BCUT2D eigenvalue weighted by atomic mass is 10.2. The molecule has 2 aromatic heterocycles. The van der Waals surface area contributed by atoms with Crippen LogP contribution in [-0.4, -0.2) is 19.9 Å². The van der Waals surface area contributed by atoms with Gasteiger partial charge in [-0.25, -0.2) is 15.0 Å². The van der Waals surface area contributed by atoms with Crippen molar-refractivity contribution in [1.82, 2.24) is 15.0 Å². The first kappa shape index (κ1) is 12.9. The van der Waals surface area contributed by atoms with Crippen LogP contribution in [0.25, 0.3) is 0 Å². The van der Waals surface area contributed by atoms with Crippen LogP contribution in [0.4, 0.5) is 11.5 Å². The maximum Gasteiger partial charge on any atom is 0.277 e. The standard InChI is InChI=1S/C12H13N5O2/c1-8-6-14-12(5-11(8)17(18)19)15-7-10-3-4-13-9(2)16-10/h3-6H,7H2,1-2H3,(H,14,15). The fourth-order valence-corrected chi connectivity index (χ4v) is 1.59. The second kappa shape index (κ2) is 5.38. The second-order valence-electron chi connectivity index (χ2n) is 4.06. The molecule has 0 spiro atoms. The number of aromatic nitrogens is 3. The number of pyridine rings is 1. The second-order valence-corrected chi connectivity index (χ2v) is 4.06. The van der Waals surface area contributed by atoms with Gasteiger partial charge in [0.15, 0.2) is 0 Å². The molecule has 0 saturated heterocycles. The maximum absolute atomic E-state index is 10.8. The molecule has 0 aromatic carbocycles. The molecule has 2 rings (SSSR count). The van der Waals surface area contributed by atoms with E-state index in [1.54, 1.807) is 26.1 Å². The van der Waals surface area contributed by atoms with Crippen LogP contribution in [0.15, 0.2) is 24.5 Å². The smallest absolute Gasteiger partial charge is 0.277 e. The molecule has 2 heterocycles. The van der Waals surface area contributed by atoms with Crippen molar-refractivity contribution in [2.75, 3.05) is 5.32 Å². The summed E-state index contributed by atoms with van der Waals surface area (Å²) in [5.74, 6) is 1.13. The molecule has 19 heavy (non-hydrogen) atoms. The van der Waals surface area contributed by atoms with Crippen molar-refractivity contribution in [3.05, 3.63) is 51.7 Å². The summed E-state index contributed by atoms with van der Waals surface area (Å²) < 4.78 is 0. The highest BCUT2D eigenvalue weighted by Gasteiger charge is 2.11. The Kier molecular flexibility index (Phi) is 3.65. The minimum Gasteiger partial charge on any atom is -0.364 e. The van der Waals surface area contributed by atoms with Crippen molar-refractivity contribution in [1.29, 1.82) is 0 Å². The Hall–Kier alpha value is -2.57. The van der Waals surface area contributed by atoms with Gasteiger partial charge in [-0.3, -0.25) is 10.1 Å². The van der Waals surface area contributed by atoms with Crippen LogP contribution in [0.2, 0.25) is 0 Å². The minimum absolute atomic E-state index is 0.0522. The van der Waals surface area contributed by atoms with E-state index in [1.807, 2.05) is 0 Å². The zero-order valence-electron chi connectivity index (χ0n) is 10.6. The third-order valence-electron chi connectivity index (χ3n) is 2.56. The third kappa shape index (κ3) is 3.21. The first-order valence-electron chi connectivity index (χ1n) is 5.69. The highest BCUT2D eigenvalue weighted by Crippen LogP contribution is 2.19. The van der Waals surface area contributed by atoms with Crippen molar-refractivity contribution in [2.24, 2.45) is 0 Å². The van der Waals surface area contributed by atoms with Crippen molar-refractivity contribution in [3.63, 3.8) is 0 Å². The summed E-state index contributed by atoms with van der Waals surface area (Å²) in [7, 11) is 0. The summed E-state index contributed by atoms with van der Waals surface area (Å²) in [6.45, 7) is 3.90. The Morgan fingerprint density at radius 3 is 2.84 bits per heavy atom. The Morgan fingerprint density at radius 2 is 2.16 bits per heavy atom. The molecule has 1 N–H and O–H groups in total. The molecule has 0 aliphatic heterocycles. The van der Waals surface area contributed by atoms with E-state index in [4.69, 9.17) is 0 Å². The van der Waals surface area contributed by atoms with Crippen LogP contribution in [0.5, 0.6) is 0 Å². The first-order chi connectivity index (χ1) is 9.06. The van der Waals surface area contributed by atoms with E-state index in [0.29, 0.717) is 23.8 Å². The molecule has 0 atom stereocenters. The molecule has 0 aliphatic carbocycles. The van der Waals surface area contributed by atoms with Gasteiger partial charge >= 0.3 is 0 Å². The third-order valence-corrected chi connectivity index (χ3v) is 2.56. The van der Waals surface area contributed by atoms with Gasteiger partial charge in [0.05, 0.1) is 23.2 Å². The summed E-state index contributed by atoms with van der Waals surface area (Å²) >= 11 is 0. The SMILES string of the molecule is Cc1nccc(CNc2cc([N+](=O)[O-])c(C)cn2)n1. The highest BCUT2D eigenvalue weighted by atomic mass is 16.6. The summed E-state index contributed by atoms with van der Waals surface area (Å²) in [5, 5.41) is 13.8. The van der Waals surface area contributed by atoms with Gasteiger partial charge in [-0.2, -0.15) is 0 Å². The number of anilines is 1. The van der Waals surface area contributed by atoms with Gasteiger partial charge < -0.3 is 5.32 Å². The van der Waals surface area contributed by atoms with E-state index < -0.39 is 4.92 Å². The van der Waals surface area contributed by atoms with Crippen LogP contribution in [0.1, 0.15) is 17.1 Å². The molecule has 98 valence electrons. The number of hydrogen-bond acceptors (Lipinski definition) is 6. The van der Waals surface area contributed by atoms with Crippen LogP contribution in [0.3, 0.4) is 0 Å². The van der Waals surface area contributed by atoms with Crippen molar-refractivity contribution in [3.8, 4) is 0 Å². The van der Waals surface area contributed by atoms with Crippen LogP contribution in [-0.2, 0) is 6.54 Å². The average molecular weight is 259 g/mol. The van der Waals surface area contributed by atoms with Crippen LogP contribution in [0, 0.1) is 24.0 Å². The number of rotatable bonds is 4. The largest absolute Gasteiger partial charge is 0.364 e. The summed E-state index contributed by atoms with van der Waals surface area (Å²) in [6.07, 6.45) is 3.15. The molecule has 0 bridgehead atoms. The van der Waals surface area contributed by atoms with Gasteiger partial charge in [0.2, 0.25) is 0 Å². The van der Waals surface area contributed by atoms with E-state index >= 15 is 0 Å². The van der Waals surface area contributed by atoms with E-state index in [0.717, 1.165) is 5.69 Å². The van der Waals surface area contributed by atoms with Crippen molar-refractivity contribution in [2.45, 2.75) is 20.4 Å². The molecule has 0 radical (unpaired) electrons. The van der Waals surface area contributed by atoms with Crippen LogP contribution < -0.4 is 5.32 Å². The van der Waals surface area contributed by atoms with E-state index in [-0.39, 0.29) is 5.69 Å². The van der Waals surface area contributed by atoms with E-state index in [1.165, 1.54) is 12.3 Å². The molecular formula is C12H13N5O2. The lowest BCUT2D eigenvalue weighted by molar-refractivity contribution is -0.385. The summed E-state index contributed by atoms with van der Waals surface area (Å²) in [5.41, 5.74) is 1.39. The van der Waals surface area contributed by atoms with Gasteiger partial charge in [0, 0.05) is 18.0 Å². The quantitative estimate of drug-likeness (QED) is 0.666. The zero-order chi connectivity index (χ0) is 13.8. The molecule has 7 nitrogen and oxygen atoms in total. The van der Waals surface area contributed by atoms with Gasteiger partial charge in [-0.1, -0.05) is 0 Å². The Balaban J connectivity index is 2.12. The van der Waals surface area contributed by atoms with Crippen LogP contribution >= 0.6 is 0 Å². The molecule has 2 aromatic rings. The molecule has 7 heteroatoms. The van der Waals surface area contributed by atoms with E-state index in [9.17, 15) is 10.1 Å². The number of hydrogen-bond donors (Lipinski definition) is 1. The molecule has 0 fully saturated rings. The lowest BCUT2D eigenvalue weighted by Gasteiger charge is -2.06. The monoisotopic (exact) mass is 259 g/mol. The topological polar surface area (TPSA) is 93.8 Å². The fraction of sp³-hybridized carbons (Fsp3) is 0.250. The predicted molar refractivity (Wildman–Crippen MR) is 69.7 cm³/mol. The first-order valence-corrected chi connectivity index (χ1v) is 5.69. The number of aryl methyl sites for hydroxylation is 2. The number of nitrogens with one attached hydrogen (secondary N) is 1. The van der Waals surface area contributed by atoms with Gasteiger partial charge in [-0.05, 0) is 19.9 Å². The van der Waals surface area contributed by atoms with Gasteiger partial charge in [0.1, 0.15) is 11.6 Å². The van der Waals surface area contributed by atoms with Crippen molar-refractivity contribution < 1.29 is 4.92 Å². The molecule has 0 saturated carbocycles. The fourth-order valence-electron chi connectivity index (χ4n) is 1.59. The zero-order valence-corrected chi connectivity index (χ0v) is 10.6. The minimum atomic E-state index is -0.420. The molecule has 0 aliphatic rings. The summed E-state index contributed by atoms with van der Waals surface area (Å²) in [6, 6.07) is 3.20. The Bertz CT molecular complexity index is 615. The Morgan fingerprint density at radius 1 is 1.37 bits per heavy atom. The number of nitro groups is 1. The van der Waals surface area contributed by atoms with Gasteiger partial charge in [0.25, 0.3) is 5.69 Å². The molecule has 0 amide bonds. The maximum atomic E-state index is 10.8. The molecular weight excluding hydrogens is 246 g/mol. The molecule has 0 unspecified atom stereocenters. The predicted octanol–water partition coefficient (Wildman–Crippen LogP) is 2.01. The Labute approximate surface area is 109 Å². The number of nitrogens with zero attached hydrogens (tertiary/aromatic N) is 4. The highest BCUT2D eigenvalue weighted by molar-refractivity contribution is 5.48. The normalized spacial score (nSPS) is 10.2. The average Bonchev–Trinajstić information content (AvgIpc) is 2.37. The summed E-state index contributed by atoms with van der Waals surface area (Å²) in [4.78, 5) is 22.7. The van der Waals surface area contributed by atoms with Gasteiger partial charge in [-0.15, -0.1) is 0 Å². The van der Waals surface area contributed by atoms with Crippen molar-refractivity contribution >= 4 is 11.5 Å².